The van der Waals surface area contributed by atoms with Crippen LogP contribution in [0.4, 0.5) is 0 Å². The molecule has 14 heavy (non-hydrogen) atoms. The van der Waals surface area contributed by atoms with Crippen molar-refractivity contribution in [1.82, 2.24) is 24.7 Å². The maximum absolute atomic E-state index is 9.44. The zero-order chi connectivity index (χ0) is 9.97. The Morgan fingerprint density at radius 2 is 2.14 bits per heavy atom. The number of aromatic nitrogens is 5. The second kappa shape index (κ2) is 3.51. The van der Waals surface area contributed by atoms with Crippen LogP contribution in [-0.2, 0) is 0 Å². The molecule has 1 N–H and O–H groups in total. The van der Waals surface area contributed by atoms with Gasteiger partial charge >= 0.3 is 0 Å². The molecule has 2 aromatic rings. The van der Waals surface area contributed by atoms with E-state index in [1.165, 1.54) is 23.5 Å². The molecular formula is C8H9N5O. The molecule has 6 nitrogen and oxygen atoms in total. The fourth-order valence-electron chi connectivity index (χ4n) is 1.13. The van der Waals surface area contributed by atoms with Gasteiger partial charge in [-0.3, -0.25) is 4.98 Å². The van der Waals surface area contributed by atoms with Crippen LogP contribution in [0.25, 0.3) is 5.82 Å². The van der Waals surface area contributed by atoms with Crippen molar-refractivity contribution in [3.05, 3.63) is 30.7 Å². The highest BCUT2D eigenvalue weighted by molar-refractivity contribution is 5.27. The molecule has 2 heterocycles. The highest BCUT2D eigenvalue weighted by atomic mass is 16.3. The van der Waals surface area contributed by atoms with E-state index < -0.39 is 6.10 Å². The first-order valence-corrected chi connectivity index (χ1v) is 4.13. The van der Waals surface area contributed by atoms with Crippen molar-refractivity contribution in [2.75, 3.05) is 0 Å². The van der Waals surface area contributed by atoms with Crippen LogP contribution in [0, 0.1) is 0 Å². The van der Waals surface area contributed by atoms with E-state index in [-0.39, 0.29) is 0 Å². The topological polar surface area (TPSA) is 76.7 Å². The van der Waals surface area contributed by atoms with Crippen molar-refractivity contribution in [2.24, 2.45) is 0 Å². The molecule has 0 radical (unpaired) electrons. The minimum Gasteiger partial charge on any atom is -0.387 e. The van der Waals surface area contributed by atoms with Crippen LogP contribution in [0.3, 0.4) is 0 Å². The maximum Gasteiger partial charge on any atom is 0.179 e. The molecule has 0 aromatic carbocycles. The summed E-state index contributed by atoms with van der Waals surface area (Å²) in [5, 5.41) is 13.4. The highest BCUT2D eigenvalue weighted by Gasteiger charge is 2.11. The van der Waals surface area contributed by atoms with Gasteiger partial charge in [-0.15, -0.1) is 0 Å². The number of hydrogen-bond donors (Lipinski definition) is 1. The van der Waals surface area contributed by atoms with Crippen LogP contribution >= 0.6 is 0 Å². The van der Waals surface area contributed by atoms with Crippen LogP contribution < -0.4 is 0 Å². The number of rotatable bonds is 2. The van der Waals surface area contributed by atoms with E-state index in [1.807, 2.05) is 0 Å². The lowest BCUT2D eigenvalue weighted by Gasteiger charge is -2.07. The Labute approximate surface area is 80.3 Å². The molecule has 0 bridgehead atoms. The molecular weight excluding hydrogens is 182 g/mol. The van der Waals surface area contributed by atoms with E-state index in [0.29, 0.717) is 11.5 Å². The molecule has 6 heteroatoms. The lowest BCUT2D eigenvalue weighted by Crippen LogP contribution is -2.07. The molecule has 2 rings (SSSR count). The molecule has 0 aliphatic carbocycles. The number of aliphatic hydroxyl groups is 1. The Balaban J connectivity index is 2.53. The van der Waals surface area contributed by atoms with Gasteiger partial charge in [0.05, 0.1) is 6.10 Å². The van der Waals surface area contributed by atoms with Crippen LogP contribution in [0.5, 0.6) is 0 Å². The number of hydrogen-bond acceptors (Lipinski definition) is 5. The summed E-state index contributed by atoms with van der Waals surface area (Å²) in [6, 6.07) is 0. The zero-order valence-electron chi connectivity index (χ0n) is 7.57. The average Bonchev–Trinajstić information content (AvgIpc) is 2.70. The minimum atomic E-state index is -0.678. The molecule has 0 amide bonds. The van der Waals surface area contributed by atoms with Crippen molar-refractivity contribution in [1.29, 1.82) is 0 Å². The van der Waals surface area contributed by atoms with Crippen molar-refractivity contribution < 1.29 is 5.11 Å². The lowest BCUT2D eigenvalue weighted by atomic mass is 10.3. The number of nitrogens with zero attached hydrogens (tertiary/aromatic N) is 5. The van der Waals surface area contributed by atoms with E-state index in [0.717, 1.165) is 0 Å². The largest absolute Gasteiger partial charge is 0.387 e. The van der Waals surface area contributed by atoms with E-state index in [4.69, 9.17) is 0 Å². The molecule has 2 aromatic heterocycles. The standard InChI is InChI=1S/C8H9N5O/c1-6(14)7-8(11-3-2-10-7)13-5-9-4-12-13/h2-6,14H,1H3. The van der Waals surface area contributed by atoms with E-state index in [9.17, 15) is 5.11 Å². The monoisotopic (exact) mass is 191 g/mol. The molecule has 1 unspecified atom stereocenters. The number of aliphatic hydroxyl groups excluding tert-OH is 1. The maximum atomic E-state index is 9.44. The van der Waals surface area contributed by atoms with Gasteiger partial charge in [-0.1, -0.05) is 0 Å². The molecule has 0 aliphatic rings. The Bertz CT molecular complexity index is 411. The SMILES string of the molecule is CC(O)c1nccnc1-n1cncn1. The van der Waals surface area contributed by atoms with Crippen LogP contribution in [0.15, 0.2) is 25.0 Å². The Hall–Kier alpha value is -1.82. The molecule has 72 valence electrons. The van der Waals surface area contributed by atoms with Gasteiger partial charge in [0.25, 0.3) is 0 Å². The van der Waals surface area contributed by atoms with Gasteiger partial charge in [0, 0.05) is 12.4 Å². The highest BCUT2D eigenvalue weighted by Crippen LogP contribution is 2.14. The average molecular weight is 191 g/mol. The third-order valence-corrected chi connectivity index (χ3v) is 1.74. The van der Waals surface area contributed by atoms with Gasteiger partial charge in [-0.25, -0.2) is 14.6 Å². The summed E-state index contributed by atoms with van der Waals surface area (Å²) in [5.74, 6) is 0.500. The first-order chi connectivity index (χ1) is 6.79. The van der Waals surface area contributed by atoms with Gasteiger partial charge in [0.1, 0.15) is 18.3 Å². The summed E-state index contributed by atoms with van der Waals surface area (Å²) in [7, 11) is 0. The smallest absolute Gasteiger partial charge is 0.179 e. The van der Waals surface area contributed by atoms with Crippen LogP contribution in [0.1, 0.15) is 18.7 Å². The summed E-state index contributed by atoms with van der Waals surface area (Å²) in [4.78, 5) is 11.9. The third-order valence-electron chi connectivity index (χ3n) is 1.74. The lowest BCUT2D eigenvalue weighted by molar-refractivity contribution is 0.193. The summed E-state index contributed by atoms with van der Waals surface area (Å²) in [6.45, 7) is 1.63. The van der Waals surface area contributed by atoms with Crippen molar-refractivity contribution in [3.8, 4) is 5.82 Å². The van der Waals surface area contributed by atoms with E-state index in [2.05, 4.69) is 20.1 Å². The van der Waals surface area contributed by atoms with Crippen molar-refractivity contribution >= 4 is 0 Å². The zero-order valence-corrected chi connectivity index (χ0v) is 7.57. The van der Waals surface area contributed by atoms with Crippen LogP contribution in [0.2, 0.25) is 0 Å². The first kappa shape index (κ1) is 8.76. The quantitative estimate of drug-likeness (QED) is 0.729. The molecule has 1 atom stereocenters. The summed E-state index contributed by atoms with van der Waals surface area (Å²) in [5.41, 5.74) is 0.484. The fourth-order valence-corrected chi connectivity index (χ4v) is 1.13. The van der Waals surface area contributed by atoms with Crippen molar-refractivity contribution in [2.45, 2.75) is 13.0 Å². The summed E-state index contributed by atoms with van der Waals surface area (Å²) in [6.07, 6.45) is 5.31. The van der Waals surface area contributed by atoms with Gasteiger partial charge in [0.2, 0.25) is 0 Å². The predicted molar refractivity (Wildman–Crippen MR) is 47.6 cm³/mol. The Morgan fingerprint density at radius 3 is 2.79 bits per heavy atom. The van der Waals surface area contributed by atoms with Crippen LogP contribution in [-0.4, -0.2) is 29.8 Å². The second-order valence-corrected chi connectivity index (χ2v) is 2.78. The molecule has 0 saturated carbocycles. The molecule has 0 spiro atoms. The Kier molecular flexibility index (Phi) is 2.19. The van der Waals surface area contributed by atoms with Gasteiger partial charge in [-0.05, 0) is 6.92 Å². The van der Waals surface area contributed by atoms with Gasteiger partial charge in [0.15, 0.2) is 5.82 Å². The predicted octanol–water partition coefficient (Wildman–Crippen LogP) is 0.111. The first-order valence-electron chi connectivity index (χ1n) is 4.13. The summed E-state index contributed by atoms with van der Waals surface area (Å²) < 4.78 is 1.47. The second-order valence-electron chi connectivity index (χ2n) is 2.78. The van der Waals surface area contributed by atoms with E-state index in [1.54, 1.807) is 13.1 Å². The molecule has 0 fully saturated rings. The normalized spacial score (nSPS) is 12.7. The minimum absolute atomic E-state index is 0.484. The Morgan fingerprint density at radius 1 is 1.36 bits per heavy atom. The molecule has 0 saturated heterocycles. The van der Waals surface area contributed by atoms with Gasteiger partial charge < -0.3 is 5.11 Å². The van der Waals surface area contributed by atoms with Gasteiger partial charge in [-0.2, -0.15) is 5.10 Å². The van der Waals surface area contributed by atoms with Crippen molar-refractivity contribution in [3.63, 3.8) is 0 Å². The van der Waals surface area contributed by atoms with E-state index >= 15 is 0 Å². The fraction of sp³-hybridized carbons (Fsp3) is 0.250. The summed E-state index contributed by atoms with van der Waals surface area (Å²) >= 11 is 0. The molecule has 0 aliphatic heterocycles. The third kappa shape index (κ3) is 1.47.